The third-order valence-electron chi connectivity index (χ3n) is 3.91. The third kappa shape index (κ3) is 3.72. The molecule has 3 atom stereocenters. The Morgan fingerprint density at radius 2 is 1.82 bits per heavy atom. The van der Waals surface area contributed by atoms with Crippen molar-refractivity contribution in [3.05, 3.63) is 0 Å². The summed E-state index contributed by atoms with van der Waals surface area (Å²) in [6.45, 7) is 6.96. The van der Waals surface area contributed by atoms with Crippen LogP contribution in [0.3, 0.4) is 0 Å². The van der Waals surface area contributed by atoms with Gasteiger partial charge >= 0.3 is 5.97 Å². The van der Waals surface area contributed by atoms with Crippen LogP contribution in [0, 0.1) is 23.7 Å². The van der Waals surface area contributed by atoms with Gasteiger partial charge in [-0.2, -0.15) is 0 Å². The number of nitrogens with one attached hydrogen (secondary N) is 1. The minimum Gasteiger partial charge on any atom is -0.481 e. The van der Waals surface area contributed by atoms with Gasteiger partial charge in [-0.15, -0.1) is 0 Å². The van der Waals surface area contributed by atoms with E-state index < -0.39 is 11.9 Å². The smallest absolute Gasteiger partial charge is 0.307 e. The van der Waals surface area contributed by atoms with E-state index >= 15 is 0 Å². The average molecular weight is 241 g/mol. The second-order valence-electron chi connectivity index (χ2n) is 5.45. The predicted molar refractivity (Wildman–Crippen MR) is 65.5 cm³/mol. The van der Waals surface area contributed by atoms with Crippen LogP contribution in [-0.4, -0.2) is 23.5 Å². The lowest BCUT2D eigenvalue weighted by Gasteiger charge is -2.19. The summed E-state index contributed by atoms with van der Waals surface area (Å²) >= 11 is 0. The van der Waals surface area contributed by atoms with Gasteiger partial charge in [0, 0.05) is 6.54 Å². The van der Waals surface area contributed by atoms with Crippen LogP contribution in [0.25, 0.3) is 0 Å². The maximum atomic E-state index is 11.9. The first-order valence-electron chi connectivity index (χ1n) is 6.44. The van der Waals surface area contributed by atoms with E-state index in [0.29, 0.717) is 31.2 Å². The molecule has 1 rings (SSSR count). The molecule has 4 heteroatoms. The summed E-state index contributed by atoms with van der Waals surface area (Å²) in [7, 11) is 0. The zero-order valence-corrected chi connectivity index (χ0v) is 10.9. The molecule has 0 spiro atoms. The monoisotopic (exact) mass is 241 g/mol. The third-order valence-corrected chi connectivity index (χ3v) is 3.91. The second kappa shape index (κ2) is 6.03. The highest BCUT2D eigenvalue weighted by atomic mass is 16.4. The summed E-state index contributed by atoms with van der Waals surface area (Å²) in [5.74, 6) is -0.782. The number of amides is 1. The molecule has 3 unspecified atom stereocenters. The molecular formula is C13H23NO3. The quantitative estimate of drug-likeness (QED) is 0.772. The Labute approximate surface area is 103 Å². The average Bonchev–Trinajstić information content (AvgIpc) is 2.73. The second-order valence-corrected chi connectivity index (χ2v) is 5.45. The molecule has 1 aliphatic rings. The van der Waals surface area contributed by atoms with Gasteiger partial charge in [-0.1, -0.05) is 27.2 Å². The lowest BCUT2D eigenvalue weighted by molar-refractivity contribution is -0.146. The predicted octanol–water partition coefficient (Wildman–Crippen LogP) is 1.90. The molecular weight excluding hydrogens is 218 g/mol. The lowest BCUT2D eigenvalue weighted by Crippen LogP contribution is -2.38. The van der Waals surface area contributed by atoms with Gasteiger partial charge in [0.15, 0.2) is 0 Å². The van der Waals surface area contributed by atoms with E-state index in [-0.39, 0.29) is 11.8 Å². The molecule has 17 heavy (non-hydrogen) atoms. The van der Waals surface area contributed by atoms with E-state index in [0.717, 1.165) is 6.42 Å². The first-order valence-corrected chi connectivity index (χ1v) is 6.44. The lowest BCUT2D eigenvalue weighted by atomic mass is 9.94. The van der Waals surface area contributed by atoms with Gasteiger partial charge in [0.1, 0.15) is 0 Å². The first kappa shape index (κ1) is 14.0. The molecule has 0 aromatic carbocycles. The van der Waals surface area contributed by atoms with Crippen molar-refractivity contribution in [2.24, 2.45) is 23.7 Å². The van der Waals surface area contributed by atoms with Crippen molar-refractivity contribution >= 4 is 11.9 Å². The van der Waals surface area contributed by atoms with Crippen molar-refractivity contribution in [3.63, 3.8) is 0 Å². The number of carboxylic acids is 1. The molecule has 1 fully saturated rings. The summed E-state index contributed by atoms with van der Waals surface area (Å²) in [6, 6.07) is 0. The molecule has 0 heterocycles. The van der Waals surface area contributed by atoms with E-state index in [1.165, 1.54) is 0 Å². The van der Waals surface area contributed by atoms with Crippen LogP contribution in [0.1, 0.15) is 40.0 Å². The maximum absolute atomic E-state index is 11.9. The van der Waals surface area contributed by atoms with Gasteiger partial charge in [0.2, 0.25) is 5.91 Å². The van der Waals surface area contributed by atoms with Gasteiger partial charge in [0.25, 0.3) is 0 Å². The summed E-state index contributed by atoms with van der Waals surface area (Å²) in [5, 5.41) is 11.9. The van der Waals surface area contributed by atoms with Gasteiger partial charge in [0.05, 0.1) is 11.8 Å². The van der Waals surface area contributed by atoms with Crippen LogP contribution in [0.2, 0.25) is 0 Å². The van der Waals surface area contributed by atoms with Crippen LogP contribution in [0.15, 0.2) is 0 Å². The molecule has 1 saturated carbocycles. The highest BCUT2D eigenvalue weighted by molar-refractivity contribution is 5.85. The number of aliphatic carboxylic acids is 1. The van der Waals surface area contributed by atoms with E-state index in [1.54, 1.807) is 0 Å². The van der Waals surface area contributed by atoms with Gasteiger partial charge in [-0.05, 0) is 24.7 Å². The zero-order valence-electron chi connectivity index (χ0n) is 10.9. The normalized spacial score (nSPS) is 25.9. The van der Waals surface area contributed by atoms with Gasteiger partial charge < -0.3 is 10.4 Å². The number of carboxylic acid groups (broad SMARTS) is 1. The van der Waals surface area contributed by atoms with Gasteiger partial charge in [-0.25, -0.2) is 0 Å². The molecule has 0 aromatic heterocycles. The Bertz CT molecular complexity index is 288. The number of hydrogen-bond acceptors (Lipinski definition) is 2. The molecule has 0 aliphatic heterocycles. The summed E-state index contributed by atoms with van der Waals surface area (Å²) < 4.78 is 0. The van der Waals surface area contributed by atoms with E-state index in [2.05, 4.69) is 26.1 Å². The Hall–Kier alpha value is -1.06. The maximum Gasteiger partial charge on any atom is 0.307 e. The fourth-order valence-electron chi connectivity index (χ4n) is 2.20. The molecule has 0 aromatic rings. The fraction of sp³-hybridized carbons (Fsp3) is 0.846. The molecule has 98 valence electrons. The number of hydrogen-bond donors (Lipinski definition) is 2. The highest BCUT2D eigenvalue weighted by Gasteiger charge is 2.37. The molecule has 0 bridgehead atoms. The molecule has 0 saturated heterocycles. The Kier molecular flexibility index (Phi) is 4.97. The van der Waals surface area contributed by atoms with E-state index in [4.69, 9.17) is 5.11 Å². The largest absolute Gasteiger partial charge is 0.481 e. The van der Waals surface area contributed by atoms with Crippen molar-refractivity contribution < 1.29 is 14.7 Å². The zero-order chi connectivity index (χ0) is 13.0. The van der Waals surface area contributed by atoms with Crippen molar-refractivity contribution in [2.45, 2.75) is 40.0 Å². The number of carbonyl (C=O) groups is 2. The van der Waals surface area contributed by atoms with E-state index in [1.807, 2.05) is 0 Å². The number of carbonyl (C=O) groups excluding carboxylic acids is 1. The molecule has 0 radical (unpaired) electrons. The standard InChI is InChI=1S/C13H23NO3/c1-8(2)9(3)7-14-12(15)10-5-4-6-11(10)13(16)17/h8-11H,4-7H2,1-3H3,(H,14,15)(H,16,17). The van der Waals surface area contributed by atoms with Crippen molar-refractivity contribution in [3.8, 4) is 0 Å². The molecule has 2 N–H and O–H groups in total. The molecule has 4 nitrogen and oxygen atoms in total. The molecule has 1 aliphatic carbocycles. The van der Waals surface area contributed by atoms with Crippen molar-refractivity contribution in [1.82, 2.24) is 5.32 Å². The minimum atomic E-state index is -0.834. The van der Waals surface area contributed by atoms with Crippen LogP contribution in [0.5, 0.6) is 0 Å². The molecule has 1 amide bonds. The SMILES string of the molecule is CC(C)C(C)CNC(=O)C1CCCC1C(=O)O. The van der Waals surface area contributed by atoms with Gasteiger partial charge in [-0.3, -0.25) is 9.59 Å². The van der Waals surface area contributed by atoms with E-state index in [9.17, 15) is 9.59 Å². The van der Waals surface area contributed by atoms with Crippen LogP contribution >= 0.6 is 0 Å². The summed E-state index contributed by atoms with van der Waals surface area (Å²) in [5.41, 5.74) is 0. The van der Waals surface area contributed by atoms with Crippen LogP contribution in [0.4, 0.5) is 0 Å². The fourth-order valence-corrected chi connectivity index (χ4v) is 2.20. The minimum absolute atomic E-state index is 0.0811. The topological polar surface area (TPSA) is 66.4 Å². The summed E-state index contributed by atoms with van der Waals surface area (Å²) in [6.07, 6.45) is 2.18. The van der Waals surface area contributed by atoms with Crippen LogP contribution < -0.4 is 5.32 Å². The Morgan fingerprint density at radius 1 is 1.24 bits per heavy atom. The summed E-state index contributed by atoms with van der Waals surface area (Å²) in [4.78, 5) is 22.9. The number of rotatable bonds is 5. The van der Waals surface area contributed by atoms with Crippen molar-refractivity contribution in [2.75, 3.05) is 6.54 Å². The first-order chi connectivity index (χ1) is 7.93. The Balaban J connectivity index is 2.44. The van der Waals surface area contributed by atoms with Crippen molar-refractivity contribution in [1.29, 1.82) is 0 Å². The highest BCUT2D eigenvalue weighted by Crippen LogP contribution is 2.32. The van der Waals surface area contributed by atoms with Crippen LogP contribution in [-0.2, 0) is 9.59 Å². The Morgan fingerprint density at radius 3 is 2.35 bits per heavy atom.